The number of fused-ring (bicyclic) bond motifs is 1. The molecule has 1 aliphatic rings. The van der Waals surface area contributed by atoms with Crippen molar-refractivity contribution in [3.8, 4) is 0 Å². The van der Waals surface area contributed by atoms with Crippen molar-refractivity contribution in [3.63, 3.8) is 0 Å². The number of nitrogens with zero attached hydrogens (tertiary/aromatic N) is 1. The van der Waals surface area contributed by atoms with Gasteiger partial charge in [0.25, 0.3) is 0 Å². The van der Waals surface area contributed by atoms with Crippen LogP contribution in [0.1, 0.15) is 23.5 Å². The molecule has 5 nitrogen and oxygen atoms in total. The number of halogens is 1. The Balaban J connectivity index is 1.80. The van der Waals surface area contributed by atoms with Crippen molar-refractivity contribution in [2.75, 3.05) is 25.5 Å². The van der Waals surface area contributed by atoms with E-state index in [1.165, 1.54) is 18.4 Å². The van der Waals surface area contributed by atoms with E-state index >= 15 is 0 Å². The maximum atomic E-state index is 11.8. The summed E-state index contributed by atoms with van der Waals surface area (Å²) in [7, 11) is 1.35. The second-order valence-electron chi connectivity index (χ2n) is 6.04. The predicted molar refractivity (Wildman–Crippen MR) is 106 cm³/mol. The Morgan fingerprint density at radius 3 is 2.72 bits per heavy atom. The average molecular weight is 399 g/mol. The van der Waals surface area contributed by atoms with Gasteiger partial charge in [-0.25, -0.2) is 4.79 Å². The summed E-state index contributed by atoms with van der Waals surface area (Å²) in [6.07, 6.45) is 0.286. The Morgan fingerprint density at radius 2 is 2.08 bits per heavy atom. The highest BCUT2D eigenvalue weighted by Crippen LogP contribution is 2.37. The Labute approximate surface area is 160 Å². The molecular weight excluding hydrogens is 380 g/mol. The third-order valence-electron chi connectivity index (χ3n) is 3.96. The van der Waals surface area contributed by atoms with Gasteiger partial charge in [0.2, 0.25) is 0 Å². The zero-order valence-electron chi connectivity index (χ0n) is 14.2. The van der Waals surface area contributed by atoms with Crippen LogP contribution in [-0.2, 0) is 9.47 Å². The van der Waals surface area contributed by atoms with E-state index in [-0.39, 0.29) is 12.2 Å². The van der Waals surface area contributed by atoms with Crippen molar-refractivity contribution >= 4 is 62.0 Å². The normalized spacial score (nSPS) is 20.6. The van der Waals surface area contributed by atoms with Crippen LogP contribution < -0.4 is 5.32 Å². The monoisotopic (exact) mass is 398 g/mol. The smallest absolute Gasteiger partial charge is 0.349 e. The highest BCUT2D eigenvalue weighted by atomic mass is 35.5. The molecule has 25 heavy (non-hydrogen) atoms. The minimum Gasteiger partial charge on any atom is -0.465 e. The quantitative estimate of drug-likeness (QED) is 0.605. The zero-order valence-corrected chi connectivity index (χ0v) is 16.6. The number of carbonyl (C=O) groups is 1. The third kappa shape index (κ3) is 3.89. The lowest BCUT2D eigenvalue weighted by Crippen LogP contribution is -2.49. The molecule has 0 amide bonds. The molecule has 1 aliphatic heterocycles. The topological polar surface area (TPSA) is 50.8 Å². The molecule has 1 N–H and O–H groups in total. The number of ether oxygens (including phenoxy) is 2. The number of benzene rings is 1. The molecule has 1 aromatic heterocycles. The van der Waals surface area contributed by atoms with E-state index in [9.17, 15) is 4.79 Å². The Hall–Kier alpha value is -1.41. The molecule has 0 radical (unpaired) electrons. The number of nitrogens with one attached hydrogen (secondary N) is 1. The van der Waals surface area contributed by atoms with Crippen molar-refractivity contribution in [2.45, 2.75) is 26.1 Å². The van der Waals surface area contributed by atoms with Crippen molar-refractivity contribution in [2.24, 2.45) is 0 Å². The minimum atomic E-state index is -0.424. The van der Waals surface area contributed by atoms with E-state index in [1.807, 2.05) is 32.0 Å². The lowest BCUT2D eigenvalue weighted by atomic mass is 10.2. The van der Waals surface area contributed by atoms with Gasteiger partial charge in [-0.2, -0.15) is 0 Å². The maximum Gasteiger partial charge on any atom is 0.349 e. The van der Waals surface area contributed by atoms with Gasteiger partial charge >= 0.3 is 5.97 Å². The number of rotatable bonds is 2. The van der Waals surface area contributed by atoms with E-state index in [2.05, 4.69) is 10.2 Å². The number of anilines is 1. The molecule has 0 saturated carbocycles. The van der Waals surface area contributed by atoms with E-state index in [0.717, 1.165) is 28.9 Å². The number of hydrogen-bond donors (Lipinski definition) is 1. The summed E-state index contributed by atoms with van der Waals surface area (Å²) in [5, 5.41) is 5.19. The third-order valence-corrected chi connectivity index (χ3v) is 5.96. The fraction of sp³-hybridized carbons (Fsp3) is 0.412. The molecule has 2 atom stereocenters. The molecule has 0 aliphatic carbocycles. The fourth-order valence-corrected chi connectivity index (χ4v) is 4.65. The summed E-state index contributed by atoms with van der Waals surface area (Å²) in [5.41, 5.74) is 0.860. The zero-order chi connectivity index (χ0) is 18.1. The molecule has 2 unspecified atom stereocenters. The Morgan fingerprint density at radius 1 is 1.40 bits per heavy atom. The van der Waals surface area contributed by atoms with E-state index in [4.69, 9.17) is 33.3 Å². The highest BCUT2D eigenvalue weighted by molar-refractivity contribution is 7.80. The second-order valence-corrected chi connectivity index (χ2v) is 7.86. The maximum absolute atomic E-state index is 11.8. The van der Waals surface area contributed by atoms with Crippen LogP contribution in [0.4, 0.5) is 5.69 Å². The van der Waals surface area contributed by atoms with Crippen molar-refractivity contribution < 1.29 is 14.3 Å². The van der Waals surface area contributed by atoms with Crippen LogP contribution in [-0.4, -0.2) is 48.4 Å². The summed E-state index contributed by atoms with van der Waals surface area (Å²) in [4.78, 5) is 14.3. The van der Waals surface area contributed by atoms with Gasteiger partial charge in [-0.05, 0) is 44.3 Å². The van der Waals surface area contributed by atoms with E-state index in [1.54, 1.807) is 0 Å². The lowest BCUT2D eigenvalue weighted by Gasteiger charge is -2.36. The van der Waals surface area contributed by atoms with Crippen LogP contribution in [0.3, 0.4) is 0 Å². The SMILES string of the molecule is COC(=O)c1sc2cc(NC(=S)N3CC(C)OC(C)C3)ccc2c1Cl. The standard InChI is InChI=1S/C17H19ClN2O3S2/c1-9-7-20(8-10(2)23-9)17(24)19-11-4-5-12-13(6-11)25-15(14(12)18)16(21)22-3/h4-6,9-10H,7-8H2,1-3H3,(H,19,24). The number of hydrogen-bond acceptors (Lipinski definition) is 5. The van der Waals surface area contributed by atoms with Crippen LogP contribution in [0, 0.1) is 0 Å². The molecule has 1 aromatic carbocycles. The first kappa shape index (κ1) is 18.4. The number of morpholine rings is 1. The van der Waals surface area contributed by atoms with Crippen LogP contribution >= 0.6 is 35.2 Å². The van der Waals surface area contributed by atoms with Crippen molar-refractivity contribution in [1.29, 1.82) is 0 Å². The Bertz CT molecular complexity index is 814. The van der Waals surface area contributed by atoms with Crippen LogP contribution in [0.2, 0.25) is 5.02 Å². The van der Waals surface area contributed by atoms with E-state index < -0.39 is 5.97 Å². The highest BCUT2D eigenvalue weighted by Gasteiger charge is 2.24. The molecule has 2 aromatic rings. The first-order chi connectivity index (χ1) is 11.9. The van der Waals surface area contributed by atoms with E-state index in [0.29, 0.717) is 15.0 Å². The van der Waals surface area contributed by atoms with Gasteiger partial charge in [-0.15, -0.1) is 11.3 Å². The molecule has 1 saturated heterocycles. The summed E-state index contributed by atoms with van der Waals surface area (Å²) in [6.45, 7) is 5.60. The van der Waals surface area contributed by atoms with Gasteiger partial charge in [-0.3, -0.25) is 0 Å². The van der Waals surface area contributed by atoms with Crippen LogP contribution in [0.15, 0.2) is 18.2 Å². The van der Waals surface area contributed by atoms with Crippen LogP contribution in [0.25, 0.3) is 10.1 Å². The average Bonchev–Trinajstić information content (AvgIpc) is 2.89. The second kappa shape index (κ2) is 7.45. The minimum absolute atomic E-state index is 0.143. The largest absolute Gasteiger partial charge is 0.465 e. The van der Waals surface area contributed by atoms with Gasteiger partial charge < -0.3 is 19.7 Å². The van der Waals surface area contributed by atoms with Crippen LogP contribution in [0.5, 0.6) is 0 Å². The Kier molecular flexibility index (Phi) is 5.48. The summed E-state index contributed by atoms with van der Waals surface area (Å²) < 4.78 is 11.4. The van der Waals surface area contributed by atoms with Gasteiger partial charge in [-0.1, -0.05) is 11.6 Å². The van der Waals surface area contributed by atoms with Crippen molar-refractivity contribution in [3.05, 3.63) is 28.1 Å². The molecule has 134 valence electrons. The molecule has 1 fully saturated rings. The molecule has 0 bridgehead atoms. The van der Waals surface area contributed by atoms with Gasteiger partial charge in [0, 0.05) is 28.9 Å². The van der Waals surface area contributed by atoms with Gasteiger partial charge in [0.05, 0.1) is 24.3 Å². The predicted octanol–water partition coefficient (Wildman–Crippen LogP) is 4.15. The summed E-state index contributed by atoms with van der Waals surface area (Å²) in [6, 6.07) is 5.73. The fourth-order valence-electron chi connectivity index (χ4n) is 2.91. The lowest BCUT2D eigenvalue weighted by molar-refractivity contribution is -0.0473. The number of carbonyl (C=O) groups excluding carboxylic acids is 1. The molecule has 2 heterocycles. The number of methoxy groups -OCH3 is 1. The molecule has 3 rings (SSSR count). The van der Waals surface area contributed by atoms with Crippen molar-refractivity contribution in [1.82, 2.24) is 4.90 Å². The molecular formula is C17H19ClN2O3S2. The number of thiophene rings is 1. The van der Waals surface area contributed by atoms with Gasteiger partial charge in [0.1, 0.15) is 4.88 Å². The number of thiocarbonyl (C=S) groups is 1. The molecule has 8 heteroatoms. The first-order valence-corrected chi connectivity index (χ1v) is 9.51. The molecule has 0 spiro atoms. The summed E-state index contributed by atoms with van der Waals surface area (Å²) in [5.74, 6) is -0.424. The van der Waals surface area contributed by atoms with Gasteiger partial charge in [0.15, 0.2) is 5.11 Å². The number of esters is 1. The first-order valence-electron chi connectivity index (χ1n) is 7.90. The summed E-state index contributed by atoms with van der Waals surface area (Å²) >= 11 is 13.1.